The van der Waals surface area contributed by atoms with Gasteiger partial charge in [-0.25, -0.2) is 0 Å². The van der Waals surface area contributed by atoms with Crippen LogP contribution in [-0.4, -0.2) is 41.1 Å². The van der Waals surface area contributed by atoms with Gasteiger partial charge in [0.1, 0.15) is 5.75 Å². The van der Waals surface area contributed by atoms with Gasteiger partial charge in [-0.1, -0.05) is 41.6 Å². The highest BCUT2D eigenvalue weighted by molar-refractivity contribution is 6.07. The molecule has 0 aliphatic carbocycles. The van der Waals surface area contributed by atoms with Gasteiger partial charge in [0, 0.05) is 24.2 Å². The van der Waals surface area contributed by atoms with Crippen LogP contribution in [0.15, 0.2) is 71.3 Å². The van der Waals surface area contributed by atoms with Crippen LogP contribution in [0.5, 0.6) is 5.75 Å². The topological polar surface area (TPSA) is 68.5 Å². The SMILES string of the molecule is COc1ccc(-c2noc(C3CCCN(C(=O)c4cccc5ccccc45)C3)n2)cc1. The third-order valence-electron chi connectivity index (χ3n) is 5.87. The summed E-state index contributed by atoms with van der Waals surface area (Å²) < 4.78 is 10.8. The van der Waals surface area contributed by atoms with Gasteiger partial charge in [0.25, 0.3) is 5.91 Å². The van der Waals surface area contributed by atoms with E-state index < -0.39 is 0 Å². The number of hydrogen-bond donors (Lipinski definition) is 0. The fraction of sp³-hybridized carbons (Fsp3) is 0.240. The van der Waals surface area contributed by atoms with Crippen LogP contribution >= 0.6 is 0 Å². The number of carbonyl (C=O) groups is 1. The van der Waals surface area contributed by atoms with E-state index in [0.717, 1.165) is 47.0 Å². The fourth-order valence-corrected chi connectivity index (χ4v) is 4.20. The molecule has 0 saturated carbocycles. The number of ether oxygens (including phenoxy) is 1. The molecule has 1 saturated heterocycles. The van der Waals surface area contributed by atoms with Gasteiger partial charge in [0.05, 0.1) is 13.0 Å². The first-order valence-corrected chi connectivity index (χ1v) is 10.5. The number of hydrogen-bond acceptors (Lipinski definition) is 5. The molecule has 0 N–H and O–H groups in total. The largest absolute Gasteiger partial charge is 0.497 e. The zero-order chi connectivity index (χ0) is 21.2. The molecule has 5 rings (SSSR count). The van der Waals surface area contributed by atoms with E-state index in [9.17, 15) is 4.79 Å². The summed E-state index contributed by atoms with van der Waals surface area (Å²) in [5, 5.41) is 6.21. The van der Waals surface area contributed by atoms with Crippen molar-refractivity contribution in [1.29, 1.82) is 0 Å². The molecule has 6 heteroatoms. The van der Waals surface area contributed by atoms with Crippen LogP contribution in [-0.2, 0) is 0 Å². The number of piperidine rings is 1. The Hall–Kier alpha value is -3.67. The molecule has 1 aromatic heterocycles. The second-order valence-electron chi connectivity index (χ2n) is 7.80. The van der Waals surface area contributed by atoms with E-state index >= 15 is 0 Å². The molecule has 0 bridgehead atoms. The maximum absolute atomic E-state index is 13.3. The second kappa shape index (κ2) is 8.22. The van der Waals surface area contributed by atoms with Crippen LogP contribution in [0.25, 0.3) is 22.2 Å². The van der Waals surface area contributed by atoms with Crippen molar-refractivity contribution in [2.75, 3.05) is 20.2 Å². The number of methoxy groups -OCH3 is 1. The number of amides is 1. The van der Waals surface area contributed by atoms with Crippen LogP contribution in [0, 0.1) is 0 Å². The molecular weight excluding hydrogens is 390 g/mol. The molecule has 4 aromatic rings. The van der Waals surface area contributed by atoms with Crippen LogP contribution in [0.3, 0.4) is 0 Å². The molecule has 1 aliphatic heterocycles. The third-order valence-corrected chi connectivity index (χ3v) is 5.87. The third kappa shape index (κ3) is 3.77. The second-order valence-corrected chi connectivity index (χ2v) is 7.80. The first-order valence-electron chi connectivity index (χ1n) is 10.5. The number of carbonyl (C=O) groups excluding carboxylic acids is 1. The van der Waals surface area contributed by atoms with E-state index in [-0.39, 0.29) is 11.8 Å². The molecule has 6 nitrogen and oxygen atoms in total. The summed E-state index contributed by atoms with van der Waals surface area (Å²) in [5.74, 6) is 2.00. The molecule has 1 atom stereocenters. The van der Waals surface area contributed by atoms with Crippen molar-refractivity contribution in [1.82, 2.24) is 15.0 Å². The highest BCUT2D eigenvalue weighted by Crippen LogP contribution is 2.30. The highest BCUT2D eigenvalue weighted by Gasteiger charge is 2.29. The minimum atomic E-state index is 0.0344. The van der Waals surface area contributed by atoms with Crippen molar-refractivity contribution in [3.63, 3.8) is 0 Å². The van der Waals surface area contributed by atoms with Gasteiger partial charge >= 0.3 is 0 Å². The number of aromatic nitrogens is 2. The van der Waals surface area contributed by atoms with Gasteiger partial charge in [-0.2, -0.15) is 4.98 Å². The molecule has 0 spiro atoms. The number of fused-ring (bicyclic) bond motifs is 1. The van der Waals surface area contributed by atoms with Crippen molar-refractivity contribution in [2.24, 2.45) is 0 Å². The van der Waals surface area contributed by atoms with Gasteiger partial charge in [0.2, 0.25) is 11.7 Å². The van der Waals surface area contributed by atoms with Gasteiger partial charge < -0.3 is 14.2 Å². The molecule has 156 valence electrons. The highest BCUT2D eigenvalue weighted by atomic mass is 16.5. The molecule has 1 aliphatic rings. The summed E-state index contributed by atoms with van der Waals surface area (Å²) in [5.41, 5.74) is 1.61. The lowest BCUT2D eigenvalue weighted by Gasteiger charge is -2.31. The zero-order valence-corrected chi connectivity index (χ0v) is 17.3. The Bertz CT molecular complexity index is 1210. The predicted octanol–water partition coefficient (Wildman–Crippen LogP) is 4.92. The standard InChI is InChI=1S/C25H23N3O3/c1-30-20-13-11-18(12-14-20)23-26-24(31-27-23)19-8-5-15-28(16-19)25(29)22-10-4-7-17-6-2-3-9-21(17)22/h2-4,6-7,9-14,19H,5,8,15-16H2,1H3. The minimum absolute atomic E-state index is 0.0344. The summed E-state index contributed by atoms with van der Waals surface area (Å²) in [4.78, 5) is 19.9. The summed E-state index contributed by atoms with van der Waals surface area (Å²) in [6.45, 7) is 1.31. The number of nitrogens with zero attached hydrogens (tertiary/aromatic N) is 3. The average molecular weight is 413 g/mol. The molecule has 31 heavy (non-hydrogen) atoms. The first kappa shape index (κ1) is 19.3. The lowest BCUT2D eigenvalue weighted by Crippen LogP contribution is -2.39. The summed E-state index contributed by atoms with van der Waals surface area (Å²) in [7, 11) is 1.63. The van der Waals surface area contributed by atoms with E-state index in [0.29, 0.717) is 18.3 Å². The quantitative estimate of drug-likeness (QED) is 0.475. The fourth-order valence-electron chi connectivity index (χ4n) is 4.20. The Morgan fingerprint density at radius 1 is 1.06 bits per heavy atom. The van der Waals surface area contributed by atoms with Crippen molar-refractivity contribution >= 4 is 16.7 Å². The van der Waals surface area contributed by atoms with Gasteiger partial charge in [-0.15, -0.1) is 0 Å². The van der Waals surface area contributed by atoms with E-state index in [4.69, 9.17) is 9.26 Å². The average Bonchev–Trinajstić information content (AvgIpc) is 3.34. The summed E-state index contributed by atoms with van der Waals surface area (Å²) >= 11 is 0. The maximum Gasteiger partial charge on any atom is 0.254 e. The number of benzene rings is 3. The normalized spacial score (nSPS) is 16.4. The smallest absolute Gasteiger partial charge is 0.254 e. The molecule has 0 radical (unpaired) electrons. The summed E-state index contributed by atoms with van der Waals surface area (Å²) in [6, 6.07) is 21.4. The zero-order valence-electron chi connectivity index (χ0n) is 17.3. The monoisotopic (exact) mass is 413 g/mol. The van der Waals surface area contributed by atoms with Crippen LogP contribution in [0.4, 0.5) is 0 Å². The predicted molar refractivity (Wildman–Crippen MR) is 118 cm³/mol. The maximum atomic E-state index is 13.3. The first-order chi connectivity index (χ1) is 15.2. The van der Waals surface area contributed by atoms with Crippen molar-refractivity contribution < 1.29 is 14.1 Å². The Morgan fingerprint density at radius 3 is 2.71 bits per heavy atom. The Labute approximate surface area is 180 Å². The number of likely N-dealkylation sites (tertiary alicyclic amines) is 1. The molecule has 2 heterocycles. The minimum Gasteiger partial charge on any atom is -0.497 e. The lowest BCUT2D eigenvalue weighted by atomic mass is 9.96. The van der Waals surface area contributed by atoms with E-state index in [1.54, 1.807) is 7.11 Å². The Morgan fingerprint density at radius 2 is 1.87 bits per heavy atom. The van der Waals surface area contributed by atoms with Crippen LogP contribution in [0.2, 0.25) is 0 Å². The van der Waals surface area contributed by atoms with Gasteiger partial charge in [-0.3, -0.25) is 4.79 Å². The summed E-state index contributed by atoms with van der Waals surface area (Å²) in [6.07, 6.45) is 1.82. The molecule has 1 unspecified atom stereocenters. The van der Waals surface area contributed by atoms with Gasteiger partial charge in [-0.05, 0) is 53.9 Å². The van der Waals surface area contributed by atoms with E-state index in [1.807, 2.05) is 71.6 Å². The van der Waals surface area contributed by atoms with Crippen molar-refractivity contribution in [3.8, 4) is 17.1 Å². The lowest BCUT2D eigenvalue weighted by molar-refractivity contribution is 0.0697. The number of rotatable bonds is 4. The Balaban J connectivity index is 1.36. The van der Waals surface area contributed by atoms with Crippen molar-refractivity contribution in [2.45, 2.75) is 18.8 Å². The molecule has 1 fully saturated rings. The molecule has 1 amide bonds. The molecule has 3 aromatic carbocycles. The van der Waals surface area contributed by atoms with E-state index in [2.05, 4.69) is 10.1 Å². The Kier molecular flexibility index (Phi) is 5.12. The van der Waals surface area contributed by atoms with Crippen LogP contribution in [0.1, 0.15) is 35.0 Å². The van der Waals surface area contributed by atoms with Gasteiger partial charge in [0.15, 0.2) is 0 Å². The van der Waals surface area contributed by atoms with E-state index in [1.165, 1.54) is 0 Å². The van der Waals surface area contributed by atoms with Crippen molar-refractivity contribution in [3.05, 3.63) is 78.2 Å². The van der Waals surface area contributed by atoms with Crippen LogP contribution < -0.4 is 4.74 Å². The molecular formula is C25H23N3O3.